The van der Waals surface area contributed by atoms with Crippen molar-refractivity contribution in [3.05, 3.63) is 35.2 Å². The fraction of sp³-hybridized carbons (Fsp3) is 0.500. The van der Waals surface area contributed by atoms with Gasteiger partial charge in [0, 0.05) is 19.0 Å². The van der Waals surface area contributed by atoms with Crippen molar-refractivity contribution in [2.75, 3.05) is 6.54 Å². The van der Waals surface area contributed by atoms with Crippen LogP contribution in [0.15, 0.2) is 28.7 Å². The molecule has 1 saturated carbocycles. The number of urea groups is 1. The molecular weight excluding hydrogens is 434 g/mol. The van der Waals surface area contributed by atoms with Crippen molar-refractivity contribution < 1.29 is 18.8 Å². The van der Waals surface area contributed by atoms with Crippen LogP contribution in [0.1, 0.15) is 51.8 Å². The van der Waals surface area contributed by atoms with Gasteiger partial charge in [-0.3, -0.25) is 14.5 Å². The molecule has 0 atom stereocenters. The maximum absolute atomic E-state index is 12.9. The summed E-state index contributed by atoms with van der Waals surface area (Å²) in [6.45, 7) is 3.93. The number of rotatable bonds is 7. The van der Waals surface area contributed by atoms with Gasteiger partial charge in [-0.1, -0.05) is 36.6 Å². The molecule has 170 valence electrons. The Balaban J connectivity index is 1.40. The van der Waals surface area contributed by atoms with E-state index in [-0.39, 0.29) is 49.1 Å². The summed E-state index contributed by atoms with van der Waals surface area (Å²) >= 11 is 6.19. The summed E-state index contributed by atoms with van der Waals surface area (Å²) in [5, 5.41) is 11.4. The van der Waals surface area contributed by atoms with Crippen molar-refractivity contribution in [1.82, 2.24) is 25.3 Å². The summed E-state index contributed by atoms with van der Waals surface area (Å²) < 4.78 is 5.73. The first-order chi connectivity index (χ1) is 15.3. The van der Waals surface area contributed by atoms with Gasteiger partial charge in [0.2, 0.25) is 17.7 Å². The molecule has 32 heavy (non-hydrogen) atoms. The normalized spacial score (nSPS) is 17.4. The number of aromatic nitrogens is 2. The molecule has 2 fully saturated rings. The number of hydrogen-bond donors (Lipinski definition) is 1. The summed E-state index contributed by atoms with van der Waals surface area (Å²) in [4.78, 5) is 40.8. The molecule has 2 aliphatic rings. The summed E-state index contributed by atoms with van der Waals surface area (Å²) in [5.41, 5.74) is -0.147. The maximum Gasteiger partial charge on any atom is 0.325 e. The predicted molar refractivity (Wildman–Crippen MR) is 116 cm³/mol. The quantitative estimate of drug-likeness (QED) is 0.636. The third-order valence-electron chi connectivity index (χ3n) is 6.07. The number of nitrogens with one attached hydrogen (secondary N) is 1. The van der Waals surface area contributed by atoms with Gasteiger partial charge in [-0.2, -0.15) is 0 Å². The molecule has 9 nitrogen and oxygen atoms in total. The van der Waals surface area contributed by atoms with Crippen LogP contribution in [0, 0.1) is 0 Å². The first-order valence-corrected chi connectivity index (χ1v) is 11.2. The molecule has 2 heterocycles. The van der Waals surface area contributed by atoms with E-state index in [1.54, 1.807) is 17.0 Å². The molecule has 1 N–H and O–H groups in total. The molecule has 1 saturated heterocycles. The van der Waals surface area contributed by atoms with Crippen LogP contribution in [0.3, 0.4) is 0 Å². The number of imide groups is 1. The van der Waals surface area contributed by atoms with Crippen molar-refractivity contribution in [2.45, 2.75) is 64.1 Å². The van der Waals surface area contributed by atoms with E-state index in [9.17, 15) is 14.4 Å². The van der Waals surface area contributed by atoms with Gasteiger partial charge in [-0.15, -0.1) is 10.2 Å². The average molecular weight is 460 g/mol. The van der Waals surface area contributed by atoms with Crippen LogP contribution in [0.2, 0.25) is 5.02 Å². The molecular formula is C22H26ClN5O4. The second kappa shape index (κ2) is 8.90. The van der Waals surface area contributed by atoms with Crippen molar-refractivity contribution in [1.29, 1.82) is 0 Å². The highest BCUT2D eigenvalue weighted by Gasteiger charge is 2.52. The van der Waals surface area contributed by atoms with E-state index in [1.165, 1.54) is 4.90 Å². The molecule has 0 bridgehead atoms. The van der Waals surface area contributed by atoms with Crippen LogP contribution in [0.4, 0.5) is 4.79 Å². The Morgan fingerprint density at radius 2 is 1.97 bits per heavy atom. The Labute approximate surface area is 191 Å². The van der Waals surface area contributed by atoms with E-state index >= 15 is 0 Å². The van der Waals surface area contributed by atoms with E-state index < -0.39 is 11.6 Å². The third-order valence-corrected chi connectivity index (χ3v) is 6.40. The fourth-order valence-corrected chi connectivity index (χ4v) is 4.53. The van der Waals surface area contributed by atoms with Gasteiger partial charge in [-0.25, -0.2) is 4.79 Å². The van der Waals surface area contributed by atoms with Gasteiger partial charge in [0.1, 0.15) is 5.54 Å². The Hall–Kier alpha value is -2.94. The zero-order chi connectivity index (χ0) is 22.9. The van der Waals surface area contributed by atoms with E-state index in [0.29, 0.717) is 23.4 Å². The highest BCUT2D eigenvalue weighted by atomic mass is 35.5. The standard InChI is InChI=1S/C22H26ClN5O4/c1-14(2)28(13-17-25-26-19(32-17)15-7-3-4-8-16(15)23)18(29)9-12-27-20(30)22(24-21(27)31)10-5-6-11-22/h3-4,7-8,14H,5-6,9-13H2,1-2H3,(H,24,31). The second-order valence-corrected chi connectivity index (χ2v) is 8.93. The second-order valence-electron chi connectivity index (χ2n) is 8.52. The lowest BCUT2D eigenvalue weighted by atomic mass is 9.98. The molecule has 10 heteroatoms. The summed E-state index contributed by atoms with van der Waals surface area (Å²) in [7, 11) is 0. The number of nitrogens with zero attached hydrogens (tertiary/aromatic N) is 4. The molecule has 0 unspecified atom stereocenters. The average Bonchev–Trinajstić information content (AvgIpc) is 3.46. The summed E-state index contributed by atoms with van der Waals surface area (Å²) in [5.74, 6) is 0.139. The van der Waals surface area contributed by atoms with Gasteiger partial charge in [0.25, 0.3) is 5.91 Å². The number of amides is 4. The van der Waals surface area contributed by atoms with Crippen molar-refractivity contribution in [2.24, 2.45) is 0 Å². The van der Waals surface area contributed by atoms with Gasteiger partial charge >= 0.3 is 6.03 Å². The smallest absolute Gasteiger partial charge is 0.325 e. The number of carbonyl (C=O) groups excluding carboxylic acids is 3. The van der Waals surface area contributed by atoms with Crippen LogP contribution in [-0.2, 0) is 16.1 Å². The molecule has 1 aliphatic carbocycles. The minimum absolute atomic E-state index is 0.0267. The highest BCUT2D eigenvalue weighted by molar-refractivity contribution is 6.33. The van der Waals surface area contributed by atoms with E-state index in [1.807, 2.05) is 26.0 Å². The summed E-state index contributed by atoms with van der Waals surface area (Å²) in [6, 6.07) is 6.59. The SMILES string of the molecule is CC(C)N(Cc1nnc(-c2ccccc2Cl)o1)C(=O)CCN1C(=O)NC2(CCCC2)C1=O. The van der Waals surface area contributed by atoms with Crippen LogP contribution < -0.4 is 5.32 Å². The van der Waals surface area contributed by atoms with Gasteiger partial charge < -0.3 is 14.6 Å². The van der Waals surface area contributed by atoms with Crippen LogP contribution in [0.25, 0.3) is 11.5 Å². The van der Waals surface area contributed by atoms with Crippen LogP contribution in [-0.4, -0.2) is 56.0 Å². The molecule has 0 radical (unpaired) electrons. The Morgan fingerprint density at radius 3 is 2.66 bits per heavy atom. The van der Waals surface area contributed by atoms with E-state index in [0.717, 1.165) is 12.8 Å². The molecule has 1 aromatic carbocycles. The molecule has 1 aromatic heterocycles. The molecule has 1 aliphatic heterocycles. The monoisotopic (exact) mass is 459 g/mol. The van der Waals surface area contributed by atoms with Crippen molar-refractivity contribution in [3.63, 3.8) is 0 Å². The minimum Gasteiger partial charge on any atom is -0.419 e. The maximum atomic E-state index is 12.9. The summed E-state index contributed by atoms with van der Waals surface area (Å²) in [6.07, 6.45) is 3.18. The van der Waals surface area contributed by atoms with Crippen LogP contribution >= 0.6 is 11.6 Å². The number of halogens is 1. The molecule has 4 amide bonds. The van der Waals surface area contributed by atoms with Gasteiger partial charge in [0.15, 0.2) is 0 Å². The van der Waals surface area contributed by atoms with Crippen molar-refractivity contribution >= 4 is 29.4 Å². The van der Waals surface area contributed by atoms with Crippen molar-refractivity contribution in [3.8, 4) is 11.5 Å². The first kappa shape index (κ1) is 22.3. The predicted octanol–water partition coefficient (Wildman–Crippen LogP) is 3.38. The number of hydrogen-bond acceptors (Lipinski definition) is 6. The number of benzene rings is 1. The Kier molecular flexibility index (Phi) is 6.19. The Bertz CT molecular complexity index is 1030. The molecule has 2 aromatic rings. The van der Waals surface area contributed by atoms with E-state index in [2.05, 4.69) is 15.5 Å². The third kappa shape index (κ3) is 4.21. The first-order valence-electron chi connectivity index (χ1n) is 10.8. The zero-order valence-corrected chi connectivity index (χ0v) is 18.9. The van der Waals surface area contributed by atoms with Crippen LogP contribution in [0.5, 0.6) is 0 Å². The number of carbonyl (C=O) groups is 3. The largest absolute Gasteiger partial charge is 0.419 e. The van der Waals surface area contributed by atoms with E-state index in [4.69, 9.17) is 16.0 Å². The zero-order valence-electron chi connectivity index (χ0n) is 18.1. The highest BCUT2D eigenvalue weighted by Crippen LogP contribution is 2.35. The molecule has 1 spiro atoms. The Morgan fingerprint density at radius 1 is 1.25 bits per heavy atom. The van der Waals surface area contributed by atoms with Gasteiger partial charge in [-0.05, 0) is 38.8 Å². The minimum atomic E-state index is -0.767. The topological polar surface area (TPSA) is 109 Å². The molecule has 4 rings (SSSR count). The lowest BCUT2D eigenvalue weighted by molar-refractivity contribution is -0.135. The fourth-order valence-electron chi connectivity index (χ4n) is 4.31. The van der Waals surface area contributed by atoms with Gasteiger partial charge in [0.05, 0.1) is 17.1 Å². The lowest BCUT2D eigenvalue weighted by Crippen LogP contribution is -2.44. The lowest BCUT2D eigenvalue weighted by Gasteiger charge is -2.26.